The van der Waals surface area contributed by atoms with Gasteiger partial charge in [-0.05, 0) is 12.8 Å². The Morgan fingerprint density at radius 1 is 1.38 bits per heavy atom. The van der Waals surface area contributed by atoms with Crippen molar-refractivity contribution in [2.45, 2.75) is 44.6 Å². The van der Waals surface area contributed by atoms with Gasteiger partial charge in [-0.2, -0.15) is 0 Å². The van der Waals surface area contributed by atoms with Crippen molar-refractivity contribution in [1.82, 2.24) is 4.98 Å². The molecule has 0 aliphatic heterocycles. The van der Waals surface area contributed by atoms with Crippen molar-refractivity contribution in [2.24, 2.45) is 0 Å². The monoisotopic (exact) mass is 312 g/mol. The molecule has 0 atom stereocenters. The number of esters is 1. The summed E-state index contributed by atoms with van der Waals surface area (Å²) >= 11 is 1.29. The first-order chi connectivity index (χ1) is 10.2. The van der Waals surface area contributed by atoms with Gasteiger partial charge in [0.25, 0.3) is 5.91 Å². The molecule has 0 saturated heterocycles. The summed E-state index contributed by atoms with van der Waals surface area (Å²) in [6.07, 6.45) is 6.00. The highest BCUT2D eigenvalue weighted by Gasteiger charge is 2.16. The minimum absolute atomic E-state index is 0.0522. The van der Waals surface area contributed by atoms with Crippen LogP contribution in [0.1, 0.15) is 37.8 Å². The van der Waals surface area contributed by atoms with Gasteiger partial charge < -0.3 is 9.47 Å². The maximum absolute atomic E-state index is 11.8. The number of amides is 1. The molecule has 1 aromatic heterocycles. The maximum atomic E-state index is 11.8. The van der Waals surface area contributed by atoms with E-state index in [2.05, 4.69) is 15.0 Å². The van der Waals surface area contributed by atoms with Crippen LogP contribution >= 0.6 is 11.3 Å². The zero-order valence-electron chi connectivity index (χ0n) is 12.1. The summed E-state index contributed by atoms with van der Waals surface area (Å²) in [7, 11) is 1.33. The molecule has 1 fully saturated rings. The number of carbonyl (C=O) groups is 2. The molecule has 1 aromatic rings. The largest absolute Gasteiger partial charge is 0.469 e. The first-order valence-corrected chi connectivity index (χ1v) is 7.98. The van der Waals surface area contributed by atoms with Crippen molar-refractivity contribution in [3.8, 4) is 0 Å². The molecule has 7 heteroatoms. The van der Waals surface area contributed by atoms with Crippen LogP contribution in [0.25, 0.3) is 0 Å². The van der Waals surface area contributed by atoms with Gasteiger partial charge in [-0.25, -0.2) is 4.98 Å². The van der Waals surface area contributed by atoms with Gasteiger partial charge in [0.2, 0.25) is 0 Å². The highest BCUT2D eigenvalue weighted by atomic mass is 32.1. The number of ether oxygens (including phenoxy) is 2. The second-order valence-corrected chi connectivity index (χ2v) is 5.87. The van der Waals surface area contributed by atoms with E-state index in [0.717, 1.165) is 12.8 Å². The Morgan fingerprint density at radius 3 is 2.86 bits per heavy atom. The molecule has 1 aliphatic carbocycles. The average molecular weight is 312 g/mol. The molecule has 1 N–H and O–H groups in total. The second kappa shape index (κ2) is 8.09. The number of thiazole rings is 1. The van der Waals surface area contributed by atoms with Gasteiger partial charge in [0.1, 0.15) is 6.61 Å². The summed E-state index contributed by atoms with van der Waals surface area (Å²) in [4.78, 5) is 27.1. The first-order valence-electron chi connectivity index (χ1n) is 7.10. The molecule has 0 spiro atoms. The molecule has 21 heavy (non-hydrogen) atoms. The van der Waals surface area contributed by atoms with Crippen LogP contribution in [0.5, 0.6) is 0 Å². The number of nitrogens with one attached hydrogen (secondary N) is 1. The fourth-order valence-corrected chi connectivity index (χ4v) is 2.97. The van der Waals surface area contributed by atoms with Crippen molar-refractivity contribution in [2.75, 3.05) is 19.0 Å². The van der Waals surface area contributed by atoms with Crippen molar-refractivity contribution < 1.29 is 19.1 Å². The third-order valence-electron chi connectivity index (χ3n) is 3.35. The van der Waals surface area contributed by atoms with E-state index in [9.17, 15) is 9.59 Å². The van der Waals surface area contributed by atoms with Crippen LogP contribution in [0, 0.1) is 0 Å². The van der Waals surface area contributed by atoms with Crippen molar-refractivity contribution in [3.63, 3.8) is 0 Å². The third-order valence-corrected chi connectivity index (χ3v) is 4.16. The summed E-state index contributed by atoms with van der Waals surface area (Å²) in [5, 5.41) is 4.89. The topological polar surface area (TPSA) is 77.5 Å². The second-order valence-electron chi connectivity index (χ2n) is 5.02. The van der Waals surface area contributed by atoms with Crippen LogP contribution in [0.4, 0.5) is 5.13 Å². The number of methoxy groups -OCH3 is 1. The first kappa shape index (κ1) is 15.9. The molecule has 0 bridgehead atoms. The molecule has 2 rings (SSSR count). The Hall–Kier alpha value is -1.47. The van der Waals surface area contributed by atoms with E-state index in [1.165, 1.54) is 37.7 Å². The number of aromatic nitrogens is 1. The van der Waals surface area contributed by atoms with Gasteiger partial charge in [-0.1, -0.05) is 19.3 Å². The summed E-state index contributed by atoms with van der Waals surface area (Å²) < 4.78 is 10.2. The average Bonchev–Trinajstić information content (AvgIpc) is 2.93. The molecular weight excluding hydrogens is 292 g/mol. The Balaban J connectivity index is 1.73. The number of hydrogen-bond acceptors (Lipinski definition) is 6. The van der Waals surface area contributed by atoms with Crippen LogP contribution in [-0.2, 0) is 25.5 Å². The number of nitrogens with zero attached hydrogens (tertiary/aromatic N) is 1. The molecule has 0 aromatic carbocycles. The molecule has 1 amide bonds. The smallest absolute Gasteiger partial charge is 0.311 e. The van der Waals surface area contributed by atoms with Crippen molar-refractivity contribution >= 4 is 28.3 Å². The van der Waals surface area contributed by atoms with Gasteiger partial charge >= 0.3 is 5.97 Å². The minimum Gasteiger partial charge on any atom is -0.469 e. The summed E-state index contributed by atoms with van der Waals surface area (Å²) in [6, 6.07) is 0. The van der Waals surface area contributed by atoms with Crippen LogP contribution in [-0.4, -0.2) is 36.7 Å². The number of anilines is 1. The lowest BCUT2D eigenvalue weighted by atomic mass is 9.98. The summed E-state index contributed by atoms with van der Waals surface area (Å²) in [5.74, 6) is -0.557. The molecule has 0 unspecified atom stereocenters. The van der Waals surface area contributed by atoms with Crippen LogP contribution in [0.3, 0.4) is 0 Å². The molecule has 6 nitrogen and oxygen atoms in total. The molecule has 0 radical (unpaired) electrons. The molecular formula is C14H20N2O4S. The SMILES string of the molecule is COC(=O)Cc1csc(NC(=O)COC2CCCCC2)n1. The fourth-order valence-electron chi connectivity index (χ4n) is 2.25. The van der Waals surface area contributed by atoms with Gasteiger partial charge in [0.05, 0.1) is 25.3 Å². The van der Waals surface area contributed by atoms with Gasteiger partial charge in [0, 0.05) is 5.38 Å². The summed E-state index contributed by atoms with van der Waals surface area (Å²) in [6.45, 7) is 0.0522. The lowest BCUT2D eigenvalue weighted by Crippen LogP contribution is -2.24. The van der Waals surface area contributed by atoms with E-state index in [4.69, 9.17) is 4.74 Å². The Kier molecular flexibility index (Phi) is 6.13. The molecule has 1 heterocycles. The molecule has 116 valence electrons. The van der Waals surface area contributed by atoms with Crippen LogP contribution < -0.4 is 5.32 Å². The normalized spacial score (nSPS) is 15.7. The minimum atomic E-state index is -0.348. The number of hydrogen-bond donors (Lipinski definition) is 1. The van der Waals surface area contributed by atoms with E-state index < -0.39 is 0 Å². The predicted octanol–water partition coefficient (Wildman–Crippen LogP) is 2.15. The molecule has 1 saturated carbocycles. The van der Waals surface area contributed by atoms with Gasteiger partial charge in [-0.3, -0.25) is 14.9 Å². The standard InChI is InChI=1S/C14H20N2O4S/c1-19-13(18)7-10-9-21-14(15-10)16-12(17)8-20-11-5-3-2-4-6-11/h9,11H,2-8H2,1H3,(H,15,16,17). The summed E-state index contributed by atoms with van der Waals surface area (Å²) in [5.41, 5.74) is 0.593. The highest BCUT2D eigenvalue weighted by Crippen LogP contribution is 2.20. The predicted molar refractivity (Wildman–Crippen MR) is 79.3 cm³/mol. The maximum Gasteiger partial charge on any atom is 0.311 e. The Morgan fingerprint density at radius 2 is 2.14 bits per heavy atom. The number of carbonyl (C=O) groups excluding carboxylic acids is 2. The van der Waals surface area contributed by atoms with E-state index in [1.54, 1.807) is 5.38 Å². The van der Waals surface area contributed by atoms with E-state index in [1.807, 2.05) is 0 Å². The number of rotatable bonds is 6. The quantitative estimate of drug-likeness (QED) is 0.814. The van der Waals surface area contributed by atoms with E-state index in [-0.39, 0.29) is 31.0 Å². The lowest BCUT2D eigenvalue weighted by Gasteiger charge is -2.21. The fraction of sp³-hybridized carbons (Fsp3) is 0.643. The van der Waals surface area contributed by atoms with Crippen molar-refractivity contribution in [3.05, 3.63) is 11.1 Å². The van der Waals surface area contributed by atoms with Crippen LogP contribution in [0.2, 0.25) is 0 Å². The Bertz CT molecular complexity index is 483. The lowest BCUT2D eigenvalue weighted by molar-refractivity contribution is -0.139. The van der Waals surface area contributed by atoms with Gasteiger partial charge in [0.15, 0.2) is 5.13 Å². The van der Waals surface area contributed by atoms with Gasteiger partial charge in [-0.15, -0.1) is 11.3 Å². The molecule has 1 aliphatic rings. The Labute approximate surface area is 127 Å². The van der Waals surface area contributed by atoms with E-state index >= 15 is 0 Å². The van der Waals surface area contributed by atoms with Crippen LogP contribution in [0.15, 0.2) is 5.38 Å². The zero-order valence-corrected chi connectivity index (χ0v) is 12.9. The van der Waals surface area contributed by atoms with E-state index in [0.29, 0.717) is 10.8 Å². The van der Waals surface area contributed by atoms with Crippen molar-refractivity contribution in [1.29, 1.82) is 0 Å². The third kappa shape index (κ3) is 5.43. The highest BCUT2D eigenvalue weighted by molar-refractivity contribution is 7.13. The zero-order chi connectivity index (χ0) is 15.1.